The molecule has 0 bridgehead atoms. The number of rotatable bonds is 5. The zero-order chi connectivity index (χ0) is 15.4. The minimum absolute atomic E-state index is 0.0342. The van der Waals surface area contributed by atoms with Crippen molar-refractivity contribution >= 4 is 5.69 Å². The van der Waals surface area contributed by atoms with E-state index in [1.165, 1.54) is 12.1 Å². The molecular weight excluding hydrogens is 276 g/mol. The highest BCUT2D eigenvalue weighted by Crippen LogP contribution is 2.25. The molecule has 2 aromatic rings. The van der Waals surface area contributed by atoms with E-state index >= 15 is 0 Å². The normalized spacial score (nSPS) is 11.9. The average Bonchev–Trinajstić information content (AvgIpc) is 2.87. The molecule has 1 aromatic heterocycles. The van der Waals surface area contributed by atoms with Gasteiger partial charge in [-0.2, -0.15) is 10.2 Å². The molecule has 2 rings (SSSR count). The van der Waals surface area contributed by atoms with Crippen molar-refractivity contribution in [2.45, 2.75) is 25.9 Å². The van der Waals surface area contributed by atoms with Crippen LogP contribution in [0.5, 0.6) is 0 Å². The maximum Gasteiger partial charge on any atom is 0.270 e. The van der Waals surface area contributed by atoms with Crippen molar-refractivity contribution < 1.29 is 14.6 Å². The van der Waals surface area contributed by atoms with Gasteiger partial charge in [-0.1, -0.05) is 11.2 Å². The number of hydrogen-bond donors (Lipinski definition) is 1. The van der Waals surface area contributed by atoms with Crippen LogP contribution in [0.15, 0.2) is 22.7 Å². The van der Waals surface area contributed by atoms with Gasteiger partial charge in [0.2, 0.25) is 11.7 Å². The fourth-order valence-electron chi connectivity index (χ4n) is 1.79. The summed E-state index contributed by atoms with van der Waals surface area (Å²) in [7, 11) is 0. The topological polar surface area (TPSA) is 126 Å². The number of nitriles is 1. The van der Waals surface area contributed by atoms with E-state index in [4.69, 9.17) is 9.78 Å². The van der Waals surface area contributed by atoms with Crippen molar-refractivity contribution in [1.29, 1.82) is 5.26 Å². The number of hydrogen-bond acceptors (Lipinski definition) is 7. The zero-order valence-corrected chi connectivity index (χ0v) is 11.2. The van der Waals surface area contributed by atoms with E-state index in [1.54, 1.807) is 13.0 Å². The van der Waals surface area contributed by atoms with Gasteiger partial charge in [-0.3, -0.25) is 10.1 Å². The second-order valence-electron chi connectivity index (χ2n) is 4.49. The van der Waals surface area contributed by atoms with Gasteiger partial charge >= 0.3 is 0 Å². The lowest BCUT2D eigenvalue weighted by Crippen LogP contribution is -2.09. The first kappa shape index (κ1) is 14.6. The van der Waals surface area contributed by atoms with Crippen molar-refractivity contribution in [1.82, 2.24) is 10.1 Å². The van der Waals surface area contributed by atoms with Crippen LogP contribution in [0, 0.1) is 28.4 Å². The van der Waals surface area contributed by atoms with E-state index in [2.05, 4.69) is 10.1 Å². The standard InChI is InChI=1S/C13H12N4O4/c1-8-2-3-9(17(19)20)6-11(8)13-15-12(21-16-13)7-10(18)4-5-14/h2-3,6,10,18H,4,7H2,1H3. The monoisotopic (exact) mass is 288 g/mol. The lowest BCUT2D eigenvalue weighted by molar-refractivity contribution is -0.384. The van der Waals surface area contributed by atoms with Crippen LogP contribution in [-0.2, 0) is 6.42 Å². The molecule has 1 N–H and O–H groups in total. The van der Waals surface area contributed by atoms with Crippen LogP contribution in [0.1, 0.15) is 17.9 Å². The van der Waals surface area contributed by atoms with E-state index in [0.717, 1.165) is 5.56 Å². The number of nitro benzene ring substituents is 1. The molecule has 0 aliphatic rings. The third-order valence-electron chi connectivity index (χ3n) is 2.88. The molecule has 1 aromatic carbocycles. The first-order valence-corrected chi connectivity index (χ1v) is 6.14. The molecule has 0 saturated heterocycles. The van der Waals surface area contributed by atoms with Gasteiger partial charge in [0, 0.05) is 17.7 Å². The molecule has 0 fully saturated rings. The summed E-state index contributed by atoms with van der Waals surface area (Å²) in [6.07, 6.45) is -0.850. The average molecular weight is 288 g/mol. The number of aliphatic hydroxyl groups is 1. The predicted molar refractivity (Wildman–Crippen MR) is 71.1 cm³/mol. The Morgan fingerprint density at radius 2 is 2.33 bits per heavy atom. The molecule has 108 valence electrons. The van der Waals surface area contributed by atoms with Crippen molar-refractivity contribution in [3.8, 4) is 17.5 Å². The maximum absolute atomic E-state index is 10.8. The molecule has 8 heteroatoms. The first-order valence-electron chi connectivity index (χ1n) is 6.14. The first-order chi connectivity index (χ1) is 10.0. The number of benzene rings is 1. The van der Waals surface area contributed by atoms with Gasteiger partial charge in [-0.05, 0) is 12.5 Å². The molecule has 0 aliphatic carbocycles. The lowest BCUT2D eigenvalue weighted by atomic mass is 10.1. The van der Waals surface area contributed by atoms with E-state index < -0.39 is 11.0 Å². The third kappa shape index (κ3) is 3.40. The number of aromatic nitrogens is 2. The summed E-state index contributed by atoms with van der Waals surface area (Å²) in [5, 5.41) is 32.5. The van der Waals surface area contributed by atoms with Crippen LogP contribution in [-0.4, -0.2) is 26.3 Å². The molecule has 0 radical (unpaired) electrons. The highest BCUT2D eigenvalue weighted by atomic mass is 16.6. The van der Waals surface area contributed by atoms with E-state index in [1.807, 2.05) is 6.07 Å². The number of nitrogens with zero attached hydrogens (tertiary/aromatic N) is 4. The van der Waals surface area contributed by atoms with E-state index in [-0.39, 0.29) is 30.2 Å². The fourth-order valence-corrected chi connectivity index (χ4v) is 1.79. The molecule has 0 amide bonds. The third-order valence-corrected chi connectivity index (χ3v) is 2.88. The Hall–Kier alpha value is -2.79. The van der Waals surface area contributed by atoms with Gasteiger partial charge in [0.1, 0.15) is 0 Å². The molecule has 0 saturated carbocycles. The smallest absolute Gasteiger partial charge is 0.270 e. The van der Waals surface area contributed by atoms with Crippen LogP contribution in [0.2, 0.25) is 0 Å². The van der Waals surface area contributed by atoms with Crippen LogP contribution in [0.4, 0.5) is 5.69 Å². The Kier molecular flexibility index (Phi) is 4.25. The summed E-state index contributed by atoms with van der Waals surface area (Å²) in [5.41, 5.74) is 1.20. The van der Waals surface area contributed by atoms with Crippen LogP contribution in [0.25, 0.3) is 11.4 Å². The molecule has 8 nitrogen and oxygen atoms in total. The highest BCUT2D eigenvalue weighted by Gasteiger charge is 2.17. The highest BCUT2D eigenvalue weighted by molar-refractivity contribution is 5.63. The Bertz CT molecular complexity index is 704. The van der Waals surface area contributed by atoms with Gasteiger partial charge in [-0.25, -0.2) is 0 Å². The van der Waals surface area contributed by atoms with Gasteiger partial charge in [0.25, 0.3) is 5.69 Å². The second kappa shape index (κ2) is 6.11. The molecule has 1 unspecified atom stereocenters. The minimum atomic E-state index is -0.880. The molecular formula is C13H12N4O4. The zero-order valence-electron chi connectivity index (χ0n) is 11.2. The quantitative estimate of drug-likeness (QED) is 0.656. The van der Waals surface area contributed by atoms with Crippen molar-refractivity contribution in [2.75, 3.05) is 0 Å². The maximum atomic E-state index is 10.8. The van der Waals surface area contributed by atoms with E-state index in [9.17, 15) is 15.2 Å². The molecule has 1 atom stereocenters. The lowest BCUT2D eigenvalue weighted by Gasteiger charge is -2.01. The number of nitro groups is 1. The van der Waals surface area contributed by atoms with Crippen LogP contribution < -0.4 is 0 Å². The molecule has 21 heavy (non-hydrogen) atoms. The van der Waals surface area contributed by atoms with E-state index in [0.29, 0.717) is 5.56 Å². The summed E-state index contributed by atoms with van der Waals surface area (Å²) < 4.78 is 4.99. The number of aryl methyl sites for hydroxylation is 1. The predicted octanol–water partition coefficient (Wildman–Crippen LogP) is 1.77. The summed E-state index contributed by atoms with van der Waals surface area (Å²) in [6, 6.07) is 6.22. The van der Waals surface area contributed by atoms with Crippen molar-refractivity contribution in [3.05, 3.63) is 39.8 Å². The number of aliphatic hydroxyl groups excluding tert-OH is 1. The number of non-ortho nitro benzene ring substituents is 1. The Labute approximate surface area is 119 Å². The summed E-state index contributed by atoms with van der Waals surface area (Å²) in [6.45, 7) is 1.78. The largest absolute Gasteiger partial charge is 0.392 e. The van der Waals surface area contributed by atoms with Gasteiger partial charge in [0.15, 0.2) is 0 Å². The van der Waals surface area contributed by atoms with Crippen molar-refractivity contribution in [2.24, 2.45) is 0 Å². The summed E-state index contributed by atoms with van der Waals surface area (Å²) in [5.74, 6) is 0.397. The summed E-state index contributed by atoms with van der Waals surface area (Å²) in [4.78, 5) is 14.4. The second-order valence-corrected chi connectivity index (χ2v) is 4.49. The Morgan fingerprint density at radius 1 is 1.57 bits per heavy atom. The van der Waals surface area contributed by atoms with Gasteiger partial charge < -0.3 is 9.63 Å². The molecule has 1 heterocycles. The summed E-state index contributed by atoms with van der Waals surface area (Å²) >= 11 is 0. The van der Waals surface area contributed by atoms with Crippen molar-refractivity contribution in [3.63, 3.8) is 0 Å². The van der Waals surface area contributed by atoms with Crippen LogP contribution >= 0.6 is 0 Å². The van der Waals surface area contributed by atoms with Crippen LogP contribution in [0.3, 0.4) is 0 Å². The SMILES string of the molecule is Cc1ccc([N+](=O)[O-])cc1-c1noc(CC(O)CC#N)n1. The molecule has 0 aliphatic heterocycles. The van der Waals surface area contributed by atoms with Gasteiger partial charge in [0.05, 0.1) is 29.9 Å². The minimum Gasteiger partial charge on any atom is -0.392 e. The molecule has 0 spiro atoms. The Balaban J connectivity index is 2.27. The Morgan fingerprint density at radius 3 is 3.00 bits per heavy atom. The van der Waals surface area contributed by atoms with Gasteiger partial charge in [-0.15, -0.1) is 0 Å². The fraction of sp³-hybridized carbons (Fsp3) is 0.308.